The van der Waals surface area contributed by atoms with Crippen LogP contribution in [0.2, 0.25) is 0 Å². The number of fused-ring (bicyclic) bond motifs is 10. The maximum absolute atomic E-state index is 6.95. The summed E-state index contributed by atoms with van der Waals surface area (Å²) in [5, 5.41) is 2.21. The molecule has 0 saturated heterocycles. The Morgan fingerprint density at radius 2 is 0.942 bits per heavy atom. The van der Waals surface area contributed by atoms with Gasteiger partial charge in [0.25, 0.3) is 6.33 Å². The van der Waals surface area contributed by atoms with Crippen molar-refractivity contribution < 1.29 is 30.4 Å². The molecule has 0 bridgehead atoms. The molecule has 1 aliphatic heterocycles. The van der Waals surface area contributed by atoms with Crippen LogP contribution in [-0.4, -0.2) is 14.1 Å². The fraction of sp³-hybridized carbons (Fsp3) is 0.250. The molecule has 0 atom stereocenters. The topological polar surface area (TPSA) is 35.9 Å². The van der Waals surface area contributed by atoms with E-state index in [9.17, 15) is 0 Å². The molecule has 0 fully saturated rings. The summed E-state index contributed by atoms with van der Waals surface area (Å²) in [6.45, 7) is 34.5. The molecule has 1 aliphatic rings. The van der Waals surface area contributed by atoms with E-state index in [1.54, 1.807) is 0 Å². The molecule has 9 aromatic carbocycles. The first-order valence-electron chi connectivity index (χ1n) is 30.1. The van der Waals surface area contributed by atoms with Crippen molar-refractivity contribution in [2.75, 3.05) is 0 Å². The van der Waals surface area contributed by atoms with Gasteiger partial charge in [0.15, 0.2) is 0 Å². The van der Waals surface area contributed by atoms with Gasteiger partial charge in [-0.2, -0.15) is 18.2 Å². The number of rotatable bonds is 6. The van der Waals surface area contributed by atoms with E-state index in [1.165, 1.54) is 44.5 Å². The summed E-state index contributed by atoms with van der Waals surface area (Å²) >= 11 is 0. The molecule has 434 valence electrons. The summed E-state index contributed by atoms with van der Waals surface area (Å²) in [7, 11) is 0. The van der Waals surface area contributed by atoms with Crippen molar-refractivity contribution in [3.63, 3.8) is 0 Å². The second kappa shape index (κ2) is 21.1. The molecule has 3 aromatic heterocycles. The zero-order valence-corrected chi connectivity index (χ0v) is 54.7. The average Bonchev–Trinajstić information content (AvgIpc) is 1.55. The molecular weight excluding hydrogens is 1230 g/mol. The van der Waals surface area contributed by atoms with Crippen molar-refractivity contribution >= 4 is 32.8 Å². The Morgan fingerprint density at radius 3 is 1.57 bits per heavy atom. The number of para-hydroxylation sites is 1. The molecule has 0 spiro atoms. The Kier molecular flexibility index (Phi) is 14.3. The molecule has 0 radical (unpaired) electrons. The molecule has 6 heteroatoms. The molecule has 0 saturated carbocycles. The number of nitrogens with zero attached hydrogens (tertiary/aromatic N) is 4. The first-order chi connectivity index (χ1) is 40.3. The fourth-order valence-corrected chi connectivity index (χ4v) is 12.3. The quantitative estimate of drug-likeness (QED) is 0.123. The molecule has 0 amide bonds. The monoisotopic (exact) mass is 1300 g/mol. The number of ether oxygens (including phenoxy) is 1. The van der Waals surface area contributed by atoms with Crippen LogP contribution in [-0.2, 0) is 48.1 Å². The Balaban J connectivity index is 0.00000724. The van der Waals surface area contributed by atoms with Gasteiger partial charge in [-0.3, -0.25) is 4.57 Å². The van der Waals surface area contributed by atoms with Gasteiger partial charge in [0, 0.05) is 44.3 Å². The van der Waals surface area contributed by atoms with Gasteiger partial charge in [0.2, 0.25) is 0 Å². The molecule has 86 heavy (non-hydrogen) atoms. The first-order valence-corrected chi connectivity index (χ1v) is 30.1. The van der Waals surface area contributed by atoms with Crippen LogP contribution in [0.4, 0.5) is 0 Å². The van der Waals surface area contributed by atoms with Crippen LogP contribution >= 0.6 is 0 Å². The van der Waals surface area contributed by atoms with E-state index in [0.29, 0.717) is 11.5 Å². The maximum atomic E-state index is 6.95. The normalized spacial score (nSPS) is 12.7. The molecule has 12 aromatic rings. The third-order valence-electron chi connectivity index (χ3n) is 17.4. The third kappa shape index (κ3) is 10.4. The van der Waals surface area contributed by atoms with Crippen LogP contribution in [0.3, 0.4) is 0 Å². The van der Waals surface area contributed by atoms with E-state index < -0.39 is 0 Å². The zero-order chi connectivity index (χ0) is 59.7. The summed E-state index contributed by atoms with van der Waals surface area (Å²) in [4.78, 5) is 4.95. The van der Waals surface area contributed by atoms with E-state index in [1.807, 2.05) is 18.3 Å². The summed E-state index contributed by atoms with van der Waals surface area (Å²) < 4.78 is 13.8. The Hall–Kier alpha value is -8.11. The summed E-state index contributed by atoms with van der Waals surface area (Å²) in [6.07, 6.45) is 6.03. The molecular formula is C80H76N4OPt-2. The Morgan fingerprint density at radius 1 is 0.395 bits per heavy atom. The van der Waals surface area contributed by atoms with Gasteiger partial charge in [-0.15, -0.1) is 29.7 Å². The summed E-state index contributed by atoms with van der Waals surface area (Å²) in [5.41, 5.74) is 23.3. The number of pyridine rings is 1. The Bertz CT molecular complexity index is 4600. The van der Waals surface area contributed by atoms with Crippen LogP contribution in [0.15, 0.2) is 188 Å². The number of hydrogen-bond acceptors (Lipinski definition) is 2. The number of hydrogen-bond donors (Lipinski definition) is 0. The van der Waals surface area contributed by atoms with Crippen LogP contribution < -0.4 is 9.30 Å². The van der Waals surface area contributed by atoms with Gasteiger partial charge in [-0.05, 0) is 146 Å². The number of imidazole rings is 1. The third-order valence-corrected chi connectivity index (χ3v) is 17.4. The predicted octanol–water partition coefficient (Wildman–Crippen LogP) is 20.7. The van der Waals surface area contributed by atoms with Crippen molar-refractivity contribution in [2.45, 2.75) is 131 Å². The molecule has 4 heterocycles. The zero-order valence-electron chi connectivity index (χ0n) is 52.4. The molecule has 0 N–H and O–H groups in total. The van der Waals surface area contributed by atoms with Gasteiger partial charge >= 0.3 is 0 Å². The van der Waals surface area contributed by atoms with Crippen molar-refractivity contribution in [2.24, 2.45) is 0 Å². The maximum Gasteiger partial charge on any atom is 0.268 e. The van der Waals surface area contributed by atoms with Gasteiger partial charge in [-0.25, -0.2) is 4.98 Å². The average molecular weight is 1300 g/mol. The van der Waals surface area contributed by atoms with Crippen molar-refractivity contribution in [1.82, 2.24) is 14.1 Å². The van der Waals surface area contributed by atoms with Gasteiger partial charge < -0.3 is 13.9 Å². The van der Waals surface area contributed by atoms with Gasteiger partial charge in [0.05, 0.1) is 16.7 Å². The SMILES string of the molecule is CC(C)(C)c1ccc(-c2cc(C(C)(C)C)cc3c2-[n+]2[c-]n(-c4[c-]c(Oc5[c-]c6c(cc5)c5ccccc5n6-c5cc(C(C)(C)C)ccn5)ccc4)c4cc(-c5cc(C(C)(C)C)cc(C(C)(C)C)c5)cc(c42)-c2ccccc2-c2ccccc2-3)cc1.[Pt]. The smallest absolute Gasteiger partial charge is 0.268 e. The Labute approximate surface area is 523 Å². The van der Waals surface area contributed by atoms with Crippen molar-refractivity contribution in [3.8, 4) is 84.3 Å². The minimum Gasteiger partial charge on any atom is -0.510 e. The minimum atomic E-state index is -0.168. The van der Waals surface area contributed by atoms with Gasteiger partial charge in [-0.1, -0.05) is 237 Å². The van der Waals surface area contributed by atoms with Crippen LogP contribution in [0.5, 0.6) is 11.5 Å². The molecule has 13 rings (SSSR count). The van der Waals surface area contributed by atoms with Crippen molar-refractivity contribution in [1.29, 1.82) is 0 Å². The minimum absolute atomic E-state index is 0. The second-order valence-corrected chi connectivity index (χ2v) is 28.6. The first kappa shape index (κ1) is 58.3. The largest absolute Gasteiger partial charge is 0.510 e. The van der Waals surface area contributed by atoms with Crippen LogP contribution in [0.1, 0.15) is 132 Å². The molecule has 5 nitrogen and oxygen atoms in total. The van der Waals surface area contributed by atoms with E-state index >= 15 is 0 Å². The van der Waals surface area contributed by atoms with Crippen molar-refractivity contribution in [3.05, 3.63) is 234 Å². The molecule has 0 aliphatic carbocycles. The number of aromatic nitrogens is 4. The van der Waals surface area contributed by atoms with Crippen LogP contribution in [0.25, 0.3) is 106 Å². The van der Waals surface area contributed by atoms with E-state index in [0.717, 1.165) is 89.0 Å². The number of benzene rings is 9. The summed E-state index contributed by atoms with van der Waals surface area (Å²) in [6, 6.07) is 74.9. The van der Waals surface area contributed by atoms with E-state index in [-0.39, 0.29) is 48.1 Å². The fourth-order valence-electron chi connectivity index (χ4n) is 12.3. The van der Waals surface area contributed by atoms with Gasteiger partial charge in [0.1, 0.15) is 5.82 Å². The van der Waals surface area contributed by atoms with E-state index in [4.69, 9.17) is 9.72 Å². The van der Waals surface area contributed by atoms with Crippen LogP contribution in [0, 0.1) is 18.5 Å². The van der Waals surface area contributed by atoms with E-state index in [2.05, 4.69) is 306 Å². The molecule has 0 unspecified atom stereocenters. The summed E-state index contributed by atoms with van der Waals surface area (Å²) in [5.74, 6) is 1.98. The predicted molar refractivity (Wildman–Crippen MR) is 354 cm³/mol. The standard InChI is InChI=1S/C80H76N4O.Pt/c1-76(2,3)53-33-31-50(32-34-53)67-44-57(80(13,14)15)45-69-64-28-19-17-26-62(64)61-25-16-18-27-63(61)68-41-52(51-39-55(78(7,8)9)43-56(40-51)79(10,11)12)42-72-75(68)83(74(67)69)49-82(72)58-23-22-24-59(47-58)85-60-35-36-66-65-29-20-21-30-70(65)84(71(66)48-60)73-46-54(37-38-81-73)77(4,5)6;/h16-46H,1-15H3;/q-2;. The second-order valence-electron chi connectivity index (χ2n) is 28.6.